The van der Waals surface area contributed by atoms with Crippen molar-refractivity contribution in [3.05, 3.63) is 42.5 Å². The van der Waals surface area contributed by atoms with Crippen LogP contribution in [0.4, 0.5) is 21.9 Å². The lowest BCUT2D eigenvalue weighted by molar-refractivity contribution is -0.114. The van der Waals surface area contributed by atoms with Crippen LogP contribution in [0.15, 0.2) is 42.5 Å². The Bertz CT molecular complexity index is 724. The molecule has 2 aromatic rings. The lowest BCUT2D eigenvalue weighted by Gasteiger charge is -2.14. The molecule has 0 aliphatic carbocycles. The van der Waals surface area contributed by atoms with E-state index >= 15 is 0 Å². The van der Waals surface area contributed by atoms with Crippen LogP contribution in [0, 0.1) is 0 Å². The van der Waals surface area contributed by atoms with E-state index in [2.05, 4.69) is 16.0 Å². The fourth-order valence-corrected chi connectivity index (χ4v) is 2.13. The maximum atomic E-state index is 12.2. The zero-order chi connectivity index (χ0) is 17.5. The molecule has 3 amide bonds. The number of anilines is 3. The molecule has 3 N–H and O–H groups in total. The average molecular weight is 329 g/mol. The number of hydrogen-bond acceptors (Lipinski definition) is 4. The molecular weight excluding hydrogens is 310 g/mol. The van der Waals surface area contributed by atoms with E-state index in [0.29, 0.717) is 28.6 Å². The van der Waals surface area contributed by atoms with E-state index in [0.717, 1.165) is 0 Å². The minimum Gasteiger partial charge on any atom is -0.494 e. The van der Waals surface area contributed by atoms with Gasteiger partial charge in [0.1, 0.15) is 17.2 Å². The Kier molecular flexibility index (Phi) is 5.62. The van der Waals surface area contributed by atoms with Crippen LogP contribution in [-0.4, -0.2) is 26.2 Å². The van der Waals surface area contributed by atoms with E-state index in [1.165, 1.54) is 21.1 Å². The number of methoxy groups -OCH3 is 2. The summed E-state index contributed by atoms with van der Waals surface area (Å²) in [5.41, 5.74) is 1.56. The Morgan fingerprint density at radius 2 is 1.38 bits per heavy atom. The van der Waals surface area contributed by atoms with Crippen LogP contribution in [0.25, 0.3) is 0 Å². The molecule has 0 aliphatic heterocycles. The quantitative estimate of drug-likeness (QED) is 0.785. The molecule has 0 aliphatic rings. The highest BCUT2D eigenvalue weighted by atomic mass is 16.5. The van der Waals surface area contributed by atoms with Crippen molar-refractivity contribution in [2.45, 2.75) is 6.92 Å². The summed E-state index contributed by atoms with van der Waals surface area (Å²) in [4.78, 5) is 23.3. The van der Waals surface area contributed by atoms with Crippen LogP contribution in [0.3, 0.4) is 0 Å². The van der Waals surface area contributed by atoms with Crippen molar-refractivity contribution in [1.29, 1.82) is 0 Å². The monoisotopic (exact) mass is 329 g/mol. The number of amides is 3. The van der Waals surface area contributed by atoms with Crippen molar-refractivity contribution in [2.75, 3.05) is 30.2 Å². The molecule has 0 unspecified atom stereocenters. The standard InChI is InChI=1S/C17H19N3O4/c1-11(21)18-12-6-4-7-13(10-12)19-17(22)20-16-14(23-2)8-5-9-15(16)24-3/h4-10H,1-3H3,(H,18,21)(H2,19,20,22). The average Bonchev–Trinajstić information content (AvgIpc) is 2.54. The van der Waals surface area contributed by atoms with E-state index < -0.39 is 6.03 Å². The number of rotatable bonds is 5. The lowest BCUT2D eigenvalue weighted by atomic mass is 10.2. The lowest BCUT2D eigenvalue weighted by Crippen LogP contribution is -2.20. The van der Waals surface area contributed by atoms with E-state index in [1.807, 2.05) is 0 Å². The summed E-state index contributed by atoms with van der Waals surface area (Å²) in [5.74, 6) is 0.781. The van der Waals surface area contributed by atoms with Crippen LogP contribution in [0.2, 0.25) is 0 Å². The molecule has 24 heavy (non-hydrogen) atoms. The van der Waals surface area contributed by atoms with Crippen LogP contribution in [-0.2, 0) is 4.79 Å². The van der Waals surface area contributed by atoms with Gasteiger partial charge in [-0.2, -0.15) is 0 Å². The smallest absolute Gasteiger partial charge is 0.323 e. The molecule has 2 rings (SSSR count). The summed E-state index contributed by atoms with van der Waals surface area (Å²) in [5, 5.41) is 8.05. The summed E-state index contributed by atoms with van der Waals surface area (Å²) in [7, 11) is 3.02. The molecule has 0 atom stereocenters. The number of para-hydroxylation sites is 1. The van der Waals surface area contributed by atoms with Crippen molar-refractivity contribution in [3.63, 3.8) is 0 Å². The Hall–Kier alpha value is -3.22. The Morgan fingerprint density at radius 1 is 0.833 bits per heavy atom. The highest BCUT2D eigenvalue weighted by Crippen LogP contribution is 2.34. The number of carbonyl (C=O) groups is 2. The van der Waals surface area contributed by atoms with Crippen LogP contribution >= 0.6 is 0 Å². The van der Waals surface area contributed by atoms with Gasteiger partial charge >= 0.3 is 6.03 Å². The Morgan fingerprint density at radius 3 is 1.92 bits per heavy atom. The first-order chi connectivity index (χ1) is 11.5. The molecule has 7 nitrogen and oxygen atoms in total. The van der Waals surface area contributed by atoms with Gasteiger partial charge in [0.05, 0.1) is 14.2 Å². The Balaban J connectivity index is 2.13. The minimum atomic E-state index is -0.460. The molecule has 0 saturated carbocycles. The van der Waals surface area contributed by atoms with Crippen molar-refractivity contribution in [2.24, 2.45) is 0 Å². The first-order valence-electron chi connectivity index (χ1n) is 7.20. The van der Waals surface area contributed by atoms with Crippen molar-refractivity contribution in [1.82, 2.24) is 0 Å². The number of ether oxygens (including phenoxy) is 2. The molecule has 0 aromatic heterocycles. The highest BCUT2D eigenvalue weighted by Gasteiger charge is 2.13. The third-order valence-corrected chi connectivity index (χ3v) is 3.11. The SMILES string of the molecule is COc1cccc(OC)c1NC(=O)Nc1cccc(NC(C)=O)c1. The molecule has 7 heteroatoms. The fourth-order valence-electron chi connectivity index (χ4n) is 2.13. The molecule has 0 saturated heterocycles. The zero-order valence-corrected chi connectivity index (χ0v) is 13.7. The van der Waals surface area contributed by atoms with Gasteiger partial charge in [-0.05, 0) is 30.3 Å². The second-order valence-corrected chi connectivity index (χ2v) is 4.88. The molecule has 0 fully saturated rings. The summed E-state index contributed by atoms with van der Waals surface area (Å²) in [6, 6.07) is 11.6. The van der Waals surface area contributed by atoms with Gasteiger partial charge in [0.25, 0.3) is 0 Å². The van der Waals surface area contributed by atoms with Gasteiger partial charge in [-0.15, -0.1) is 0 Å². The van der Waals surface area contributed by atoms with Crippen LogP contribution in [0.1, 0.15) is 6.92 Å². The fraction of sp³-hybridized carbons (Fsp3) is 0.176. The van der Waals surface area contributed by atoms with E-state index in [9.17, 15) is 9.59 Å². The van der Waals surface area contributed by atoms with E-state index in [-0.39, 0.29) is 5.91 Å². The van der Waals surface area contributed by atoms with E-state index in [4.69, 9.17) is 9.47 Å². The third kappa shape index (κ3) is 4.39. The largest absolute Gasteiger partial charge is 0.494 e. The highest BCUT2D eigenvalue weighted by molar-refractivity contribution is 6.02. The molecule has 0 heterocycles. The van der Waals surface area contributed by atoms with Gasteiger partial charge in [0, 0.05) is 18.3 Å². The molecule has 0 spiro atoms. The maximum absolute atomic E-state index is 12.2. The normalized spacial score (nSPS) is 9.79. The molecular formula is C17H19N3O4. The van der Waals surface area contributed by atoms with Crippen molar-refractivity contribution >= 4 is 29.0 Å². The van der Waals surface area contributed by atoms with Gasteiger partial charge in [-0.25, -0.2) is 4.79 Å². The van der Waals surface area contributed by atoms with Gasteiger partial charge in [0.15, 0.2) is 0 Å². The number of nitrogens with one attached hydrogen (secondary N) is 3. The summed E-state index contributed by atoms with van der Waals surface area (Å²) in [6.07, 6.45) is 0. The minimum absolute atomic E-state index is 0.185. The van der Waals surface area contributed by atoms with E-state index in [1.54, 1.807) is 42.5 Å². The third-order valence-electron chi connectivity index (χ3n) is 3.11. The number of hydrogen-bond donors (Lipinski definition) is 3. The van der Waals surface area contributed by atoms with Crippen molar-refractivity contribution < 1.29 is 19.1 Å². The van der Waals surface area contributed by atoms with Gasteiger partial charge < -0.3 is 25.4 Å². The summed E-state index contributed by atoms with van der Waals surface area (Å²) < 4.78 is 10.5. The summed E-state index contributed by atoms with van der Waals surface area (Å²) in [6.45, 7) is 1.42. The predicted octanol–water partition coefficient (Wildman–Crippen LogP) is 3.31. The van der Waals surface area contributed by atoms with Gasteiger partial charge in [0.2, 0.25) is 5.91 Å². The number of benzene rings is 2. The Labute approximate surface area is 140 Å². The molecule has 0 bridgehead atoms. The van der Waals surface area contributed by atoms with Crippen LogP contribution in [0.5, 0.6) is 11.5 Å². The molecule has 126 valence electrons. The first kappa shape index (κ1) is 17.1. The topological polar surface area (TPSA) is 88.7 Å². The van der Waals surface area contributed by atoms with Gasteiger partial charge in [-0.3, -0.25) is 4.79 Å². The molecule has 2 aromatic carbocycles. The van der Waals surface area contributed by atoms with Gasteiger partial charge in [-0.1, -0.05) is 12.1 Å². The maximum Gasteiger partial charge on any atom is 0.323 e. The molecule has 0 radical (unpaired) electrons. The number of urea groups is 1. The second-order valence-electron chi connectivity index (χ2n) is 4.88. The predicted molar refractivity (Wildman–Crippen MR) is 92.9 cm³/mol. The number of carbonyl (C=O) groups excluding carboxylic acids is 2. The zero-order valence-electron chi connectivity index (χ0n) is 13.7. The van der Waals surface area contributed by atoms with Crippen LogP contribution < -0.4 is 25.4 Å². The summed E-state index contributed by atoms with van der Waals surface area (Å²) >= 11 is 0. The van der Waals surface area contributed by atoms with Crippen molar-refractivity contribution in [3.8, 4) is 11.5 Å². The second kappa shape index (κ2) is 7.87. The first-order valence-corrected chi connectivity index (χ1v) is 7.20.